The SMILES string of the molecule is COC1CC(C(=O)N2CCN(C[C@H](O)COC3CCCC4NCCCC43)CC2C(=O)NC(CCCC2CCCCC2)CCCC2CCCCC2)CC(OC)C1OC. The molecule has 4 aliphatic carbocycles. The fraction of sp³-hybridized carbons (Fsp3) is 0.957. The number of carbonyl (C=O) groups is 2. The second kappa shape index (κ2) is 23.6. The maximum atomic E-state index is 14.7. The number of rotatable bonds is 19. The molecule has 0 aromatic rings. The molecule has 328 valence electrons. The van der Waals surface area contributed by atoms with Crippen molar-refractivity contribution in [3.63, 3.8) is 0 Å². The number of aliphatic hydroxyl groups excluding tert-OH is 1. The summed E-state index contributed by atoms with van der Waals surface area (Å²) in [6.45, 7) is 3.26. The molecule has 0 aromatic heterocycles. The molecule has 0 aromatic carbocycles. The minimum atomic E-state index is -0.658. The van der Waals surface area contributed by atoms with Crippen LogP contribution in [0.2, 0.25) is 0 Å². The summed E-state index contributed by atoms with van der Waals surface area (Å²) in [6, 6.07) is 0.0105. The fourth-order valence-electron chi connectivity index (χ4n) is 12.0. The number of nitrogens with zero attached hydrogens (tertiary/aromatic N) is 2. The van der Waals surface area contributed by atoms with Crippen LogP contribution in [0.1, 0.15) is 148 Å². The van der Waals surface area contributed by atoms with Crippen molar-refractivity contribution in [2.24, 2.45) is 23.7 Å². The molecule has 4 saturated carbocycles. The summed E-state index contributed by atoms with van der Waals surface area (Å²) in [4.78, 5) is 33.3. The van der Waals surface area contributed by atoms with E-state index in [1.807, 2.05) is 4.90 Å². The number of ether oxygens (including phenoxy) is 4. The van der Waals surface area contributed by atoms with Gasteiger partial charge in [0, 0.05) is 71.4 Å². The molecule has 7 atom stereocenters. The molecule has 11 heteroatoms. The zero-order valence-corrected chi connectivity index (χ0v) is 36.2. The minimum Gasteiger partial charge on any atom is -0.389 e. The van der Waals surface area contributed by atoms with Crippen molar-refractivity contribution >= 4 is 11.8 Å². The Morgan fingerprint density at radius 2 is 1.40 bits per heavy atom. The first-order valence-corrected chi connectivity index (χ1v) is 23.8. The number of methoxy groups -OCH3 is 3. The van der Waals surface area contributed by atoms with Gasteiger partial charge in [-0.1, -0.05) is 89.9 Å². The zero-order valence-electron chi connectivity index (χ0n) is 36.2. The molecule has 2 amide bonds. The lowest BCUT2D eigenvalue weighted by atomic mass is 9.77. The van der Waals surface area contributed by atoms with Crippen LogP contribution in [-0.4, -0.2) is 136 Å². The number of hydrogen-bond acceptors (Lipinski definition) is 9. The average molecular weight is 803 g/mol. The van der Waals surface area contributed by atoms with Gasteiger partial charge in [0.15, 0.2) is 0 Å². The van der Waals surface area contributed by atoms with Gasteiger partial charge in [0.1, 0.15) is 12.1 Å². The predicted octanol–water partition coefficient (Wildman–Crippen LogP) is 6.24. The van der Waals surface area contributed by atoms with E-state index in [0.717, 1.165) is 56.9 Å². The van der Waals surface area contributed by atoms with Crippen LogP contribution < -0.4 is 10.6 Å². The van der Waals surface area contributed by atoms with Gasteiger partial charge in [-0.05, 0) is 76.2 Å². The van der Waals surface area contributed by atoms with Crippen molar-refractivity contribution in [1.29, 1.82) is 0 Å². The number of fused-ring (bicyclic) bond motifs is 1. The largest absolute Gasteiger partial charge is 0.389 e. The number of β-amino-alcohol motifs (C(OH)–C–C–N with tert-alkyl or cyclic N) is 1. The van der Waals surface area contributed by atoms with E-state index < -0.39 is 12.1 Å². The van der Waals surface area contributed by atoms with Gasteiger partial charge in [-0.3, -0.25) is 14.5 Å². The van der Waals surface area contributed by atoms with E-state index in [2.05, 4.69) is 15.5 Å². The average Bonchev–Trinajstić information content (AvgIpc) is 3.25. The van der Waals surface area contributed by atoms with Crippen LogP contribution in [0.25, 0.3) is 0 Å². The highest BCUT2D eigenvalue weighted by Gasteiger charge is 2.45. The lowest BCUT2D eigenvalue weighted by Crippen LogP contribution is -2.64. The summed E-state index contributed by atoms with van der Waals surface area (Å²) in [5.41, 5.74) is 0. The van der Waals surface area contributed by atoms with Gasteiger partial charge in [-0.2, -0.15) is 0 Å². The zero-order chi connectivity index (χ0) is 40.0. The molecule has 57 heavy (non-hydrogen) atoms. The maximum Gasteiger partial charge on any atom is 0.244 e. The normalized spacial score (nSPS) is 32.9. The predicted molar refractivity (Wildman–Crippen MR) is 224 cm³/mol. The lowest BCUT2D eigenvalue weighted by Gasteiger charge is -2.45. The van der Waals surface area contributed by atoms with E-state index in [1.54, 1.807) is 21.3 Å². The Balaban J connectivity index is 1.11. The van der Waals surface area contributed by atoms with Crippen molar-refractivity contribution in [3.05, 3.63) is 0 Å². The summed E-state index contributed by atoms with van der Waals surface area (Å²) in [6.07, 6.45) is 26.0. The minimum absolute atomic E-state index is 0.00331. The number of nitrogens with one attached hydrogen (secondary N) is 2. The Labute approximate surface area is 345 Å². The number of amides is 2. The van der Waals surface area contributed by atoms with E-state index >= 15 is 0 Å². The van der Waals surface area contributed by atoms with Crippen LogP contribution in [0.15, 0.2) is 0 Å². The van der Waals surface area contributed by atoms with Crippen LogP contribution in [0.3, 0.4) is 0 Å². The second-order valence-corrected chi connectivity index (χ2v) is 19.1. The molecule has 6 aliphatic rings. The summed E-state index contributed by atoms with van der Waals surface area (Å²) in [5, 5.41) is 18.6. The molecule has 11 nitrogen and oxygen atoms in total. The highest BCUT2D eigenvalue weighted by Crippen LogP contribution is 2.35. The molecule has 6 fully saturated rings. The van der Waals surface area contributed by atoms with Crippen LogP contribution in [0, 0.1) is 23.7 Å². The first-order valence-electron chi connectivity index (χ1n) is 23.8. The molecule has 6 rings (SSSR count). The first-order chi connectivity index (χ1) is 27.9. The van der Waals surface area contributed by atoms with E-state index in [0.29, 0.717) is 57.6 Å². The highest BCUT2D eigenvalue weighted by molar-refractivity contribution is 5.89. The third-order valence-electron chi connectivity index (χ3n) is 15.3. The Bertz CT molecular complexity index is 1140. The van der Waals surface area contributed by atoms with Crippen molar-refractivity contribution < 1.29 is 33.6 Å². The third kappa shape index (κ3) is 13.1. The molecule has 0 radical (unpaired) electrons. The van der Waals surface area contributed by atoms with E-state index in [9.17, 15) is 14.7 Å². The molecular weight excluding hydrogens is 721 g/mol. The molecule has 0 spiro atoms. The molecule has 2 aliphatic heterocycles. The van der Waals surface area contributed by atoms with Gasteiger partial charge < -0.3 is 39.6 Å². The van der Waals surface area contributed by atoms with Crippen LogP contribution in [0.5, 0.6) is 0 Å². The van der Waals surface area contributed by atoms with Crippen molar-refractivity contribution in [2.75, 3.05) is 60.7 Å². The summed E-state index contributed by atoms with van der Waals surface area (Å²) in [7, 11) is 5.01. The molecule has 3 N–H and O–H groups in total. The van der Waals surface area contributed by atoms with Crippen molar-refractivity contribution in [3.8, 4) is 0 Å². The third-order valence-corrected chi connectivity index (χ3v) is 15.3. The molecule has 0 bridgehead atoms. The summed E-state index contributed by atoms with van der Waals surface area (Å²) >= 11 is 0. The molecular formula is C46H82N4O7. The molecule has 2 heterocycles. The number of hydrogen-bond donors (Lipinski definition) is 3. The van der Waals surface area contributed by atoms with Crippen molar-refractivity contribution in [2.45, 2.75) is 196 Å². The Hall–Kier alpha value is -1.34. The van der Waals surface area contributed by atoms with Gasteiger partial charge in [-0.25, -0.2) is 0 Å². The van der Waals surface area contributed by atoms with Gasteiger partial charge in [0.05, 0.1) is 31.0 Å². The molecule has 2 saturated heterocycles. The van der Waals surface area contributed by atoms with E-state index in [-0.39, 0.29) is 48.2 Å². The Morgan fingerprint density at radius 3 is 2.02 bits per heavy atom. The second-order valence-electron chi connectivity index (χ2n) is 19.1. The first kappa shape index (κ1) is 45.2. The van der Waals surface area contributed by atoms with Gasteiger partial charge >= 0.3 is 0 Å². The summed E-state index contributed by atoms with van der Waals surface area (Å²) < 4.78 is 23.9. The maximum absolute atomic E-state index is 14.7. The van der Waals surface area contributed by atoms with E-state index in [4.69, 9.17) is 18.9 Å². The van der Waals surface area contributed by atoms with E-state index in [1.165, 1.54) is 96.3 Å². The number of piperazine rings is 1. The fourth-order valence-corrected chi connectivity index (χ4v) is 12.0. The quantitative estimate of drug-likeness (QED) is 0.140. The topological polar surface area (TPSA) is 122 Å². The monoisotopic (exact) mass is 803 g/mol. The van der Waals surface area contributed by atoms with Crippen molar-refractivity contribution in [1.82, 2.24) is 20.4 Å². The number of aliphatic hydroxyl groups is 1. The van der Waals surface area contributed by atoms with Crippen LogP contribution in [0.4, 0.5) is 0 Å². The Kier molecular flexibility index (Phi) is 18.7. The standard InChI is InChI=1S/C46H82N4O7/c1-54-42-28-35(29-43(55-2)44(42)56-3)46(53)50-27-26-49(30-37(51)32-57-41-24-12-23-39-38(41)22-13-25-47-39)31-40(50)45(52)48-36(20-10-18-33-14-6-4-7-15-33)21-11-19-34-16-8-5-9-17-34/h33-44,47,51H,4-32H2,1-3H3,(H,48,52)/t35?,37-,38?,39?,40?,41?,42?,43?,44?/m0/s1. The number of carbonyl (C=O) groups excluding carboxylic acids is 2. The smallest absolute Gasteiger partial charge is 0.244 e. The van der Waals surface area contributed by atoms with Gasteiger partial charge in [-0.15, -0.1) is 0 Å². The highest BCUT2D eigenvalue weighted by atomic mass is 16.6. The molecule has 6 unspecified atom stereocenters. The van der Waals surface area contributed by atoms with Gasteiger partial charge in [0.25, 0.3) is 0 Å². The number of piperidine rings is 1. The summed E-state index contributed by atoms with van der Waals surface area (Å²) in [5.74, 6) is 1.79. The Morgan fingerprint density at radius 1 is 0.754 bits per heavy atom. The lowest BCUT2D eigenvalue weighted by molar-refractivity contribution is -0.164. The van der Waals surface area contributed by atoms with Crippen LogP contribution >= 0.6 is 0 Å². The van der Waals surface area contributed by atoms with Crippen LogP contribution in [-0.2, 0) is 28.5 Å². The van der Waals surface area contributed by atoms with Gasteiger partial charge in [0.2, 0.25) is 11.8 Å².